The fourth-order valence-corrected chi connectivity index (χ4v) is 3.36. The Morgan fingerprint density at radius 2 is 2.12 bits per heavy atom. The normalized spacial score (nSPS) is 24.4. The van der Waals surface area contributed by atoms with Crippen LogP contribution in [0.3, 0.4) is 0 Å². The second-order valence-corrected chi connectivity index (χ2v) is 6.05. The van der Waals surface area contributed by atoms with E-state index in [2.05, 4.69) is 35.3 Å². The van der Waals surface area contributed by atoms with E-state index in [1.165, 1.54) is 24.8 Å². The third kappa shape index (κ3) is 3.71. The molecule has 0 bridgehead atoms. The first-order valence-corrected chi connectivity index (χ1v) is 7.70. The molecule has 0 amide bonds. The van der Waals surface area contributed by atoms with Crippen LogP contribution in [0.2, 0.25) is 0 Å². The summed E-state index contributed by atoms with van der Waals surface area (Å²) in [5.41, 5.74) is 1.39. The molecule has 1 aromatic heterocycles. The number of pyridine rings is 1. The van der Waals surface area contributed by atoms with Gasteiger partial charge in [-0.2, -0.15) is 11.8 Å². The molecule has 2 atom stereocenters. The van der Waals surface area contributed by atoms with Crippen LogP contribution in [-0.2, 0) is 6.42 Å². The number of aromatic nitrogens is 1. The zero-order chi connectivity index (χ0) is 12.1. The van der Waals surface area contributed by atoms with Crippen LogP contribution in [0, 0.1) is 0 Å². The number of hydrogen-bond acceptors (Lipinski definition) is 3. The molecule has 1 fully saturated rings. The van der Waals surface area contributed by atoms with E-state index in [9.17, 15) is 0 Å². The van der Waals surface area contributed by atoms with Crippen molar-refractivity contribution >= 4 is 11.8 Å². The van der Waals surface area contributed by atoms with Crippen LogP contribution in [0.15, 0.2) is 24.5 Å². The molecule has 0 N–H and O–H groups in total. The molecule has 0 spiro atoms. The van der Waals surface area contributed by atoms with E-state index >= 15 is 0 Å². The molecule has 0 saturated heterocycles. The van der Waals surface area contributed by atoms with Gasteiger partial charge in [-0.15, -0.1) is 0 Å². The van der Waals surface area contributed by atoms with Gasteiger partial charge in [-0.25, -0.2) is 0 Å². The van der Waals surface area contributed by atoms with Crippen LogP contribution in [0.4, 0.5) is 0 Å². The number of nitrogens with zero attached hydrogens (tertiary/aromatic N) is 2. The lowest BCUT2D eigenvalue weighted by atomic mass is 10.1. The van der Waals surface area contributed by atoms with Gasteiger partial charge in [0.25, 0.3) is 0 Å². The number of rotatable bonds is 5. The van der Waals surface area contributed by atoms with Crippen LogP contribution in [0.25, 0.3) is 0 Å². The van der Waals surface area contributed by atoms with Crippen molar-refractivity contribution in [1.82, 2.24) is 9.88 Å². The molecule has 1 aliphatic rings. The summed E-state index contributed by atoms with van der Waals surface area (Å²) in [7, 11) is 2.27. The van der Waals surface area contributed by atoms with Gasteiger partial charge in [-0.05, 0) is 56.7 Å². The predicted molar refractivity (Wildman–Crippen MR) is 75.5 cm³/mol. The van der Waals surface area contributed by atoms with Gasteiger partial charge in [-0.3, -0.25) is 4.98 Å². The average molecular weight is 250 g/mol. The maximum Gasteiger partial charge on any atom is 0.0270 e. The Hall–Kier alpha value is -0.540. The molecule has 94 valence electrons. The average Bonchev–Trinajstić information content (AvgIpc) is 2.86. The summed E-state index contributed by atoms with van der Waals surface area (Å²) in [4.78, 5) is 6.59. The fraction of sp³-hybridized carbons (Fsp3) is 0.643. The Balaban J connectivity index is 1.76. The lowest BCUT2D eigenvalue weighted by molar-refractivity contribution is 0.249. The monoisotopic (exact) mass is 250 g/mol. The quantitative estimate of drug-likeness (QED) is 0.799. The molecule has 2 nitrogen and oxygen atoms in total. The minimum absolute atomic E-state index is 0.800. The van der Waals surface area contributed by atoms with Gasteiger partial charge in [0.15, 0.2) is 0 Å². The zero-order valence-corrected chi connectivity index (χ0v) is 11.6. The van der Waals surface area contributed by atoms with Crippen molar-refractivity contribution in [3.8, 4) is 0 Å². The maximum absolute atomic E-state index is 4.05. The fourth-order valence-electron chi connectivity index (χ4n) is 2.57. The zero-order valence-electron chi connectivity index (χ0n) is 10.8. The van der Waals surface area contributed by atoms with E-state index in [1.54, 1.807) is 0 Å². The van der Waals surface area contributed by atoms with E-state index in [4.69, 9.17) is 0 Å². The largest absolute Gasteiger partial charge is 0.303 e. The molecule has 17 heavy (non-hydrogen) atoms. The van der Waals surface area contributed by atoms with E-state index in [0.717, 1.165) is 24.3 Å². The topological polar surface area (TPSA) is 16.1 Å². The van der Waals surface area contributed by atoms with E-state index in [0.29, 0.717) is 0 Å². The van der Waals surface area contributed by atoms with Crippen molar-refractivity contribution in [2.45, 2.75) is 37.0 Å². The first-order valence-electron chi connectivity index (χ1n) is 6.41. The van der Waals surface area contributed by atoms with Gasteiger partial charge in [0.05, 0.1) is 0 Å². The van der Waals surface area contributed by atoms with Gasteiger partial charge >= 0.3 is 0 Å². The number of likely N-dealkylation sites (N-methyl/N-ethyl adjacent to an activating group) is 1. The van der Waals surface area contributed by atoms with E-state index in [1.807, 2.05) is 24.2 Å². The molecular formula is C14H22N2S. The number of hydrogen-bond donors (Lipinski definition) is 0. The highest BCUT2D eigenvalue weighted by Crippen LogP contribution is 2.30. The van der Waals surface area contributed by atoms with Crippen molar-refractivity contribution < 1.29 is 0 Å². The van der Waals surface area contributed by atoms with Crippen LogP contribution >= 0.6 is 11.8 Å². The highest BCUT2D eigenvalue weighted by atomic mass is 32.2. The van der Waals surface area contributed by atoms with Crippen molar-refractivity contribution in [1.29, 1.82) is 0 Å². The van der Waals surface area contributed by atoms with Gasteiger partial charge < -0.3 is 4.90 Å². The maximum atomic E-state index is 4.05. The molecule has 3 heteroatoms. The van der Waals surface area contributed by atoms with Crippen molar-refractivity contribution in [2.24, 2.45) is 0 Å². The minimum atomic E-state index is 0.800. The SMILES string of the molecule is CS[C@H]1CC[C@H](N(C)CCc2ccncc2)C1. The predicted octanol–water partition coefficient (Wildman–Crippen LogP) is 2.84. The first kappa shape index (κ1) is 12.9. The van der Waals surface area contributed by atoms with Crippen LogP contribution in [0.5, 0.6) is 0 Å². The van der Waals surface area contributed by atoms with Crippen LogP contribution < -0.4 is 0 Å². The molecule has 0 aromatic carbocycles. The summed E-state index contributed by atoms with van der Waals surface area (Å²) in [5.74, 6) is 0. The third-order valence-electron chi connectivity index (χ3n) is 3.82. The second-order valence-electron chi connectivity index (χ2n) is 4.91. The summed E-state index contributed by atoms with van der Waals surface area (Å²) in [6.45, 7) is 1.16. The highest BCUT2D eigenvalue weighted by Gasteiger charge is 2.26. The Labute approximate surface area is 109 Å². The standard InChI is InChI=1S/C14H22N2S/c1-16(13-3-4-14(11-13)17-2)10-7-12-5-8-15-9-6-12/h5-6,8-9,13-14H,3-4,7,10-11H2,1-2H3/t13-,14-/m0/s1. The summed E-state index contributed by atoms with van der Waals surface area (Å²) in [6, 6.07) is 5.04. The Bertz CT molecular complexity index is 328. The third-order valence-corrected chi connectivity index (χ3v) is 4.91. The molecule has 1 heterocycles. The Kier molecular flexibility index (Phi) is 4.86. The first-order chi connectivity index (χ1) is 8.29. The van der Waals surface area contributed by atoms with Crippen LogP contribution in [0.1, 0.15) is 24.8 Å². The highest BCUT2D eigenvalue weighted by molar-refractivity contribution is 7.99. The summed E-state index contributed by atoms with van der Waals surface area (Å²) in [5, 5.41) is 0.892. The molecule has 0 unspecified atom stereocenters. The molecule has 1 saturated carbocycles. The van der Waals surface area contributed by atoms with Crippen molar-refractivity contribution in [2.75, 3.05) is 19.8 Å². The summed E-state index contributed by atoms with van der Waals surface area (Å²) < 4.78 is 0. The summed E-state index contributed by atoms with van der Waals surface area (Å²) in [6.07, 6.45) is 11.3. The van der Waals surface area contributed by atoms with Gasteiger partial charge in [0.2, 0.25) is 0 Å². The van der Waals surface area contributed by atoms with E-state index in [-0.39, 0.29) is 0 Å². The molecule has 2 rings (SSSR count). The lowest BCUT2D eigenvalue weighted by Gasteiger charge is -2.24. The molecule has 0 radical (unpaired) electrons. The molecule has 1 aromatic rings. The van der Waals surface area contributed by atoms with E-state index < -0.39 is 0 Å². The van der Waals surface area contributed by atoms with Crippen LogP contribution in [-0.4, -0.2) is 41.0 Å². The van der Waals surface area contributed by atoms with Gasteiger partial charge in [0, 0.05) is 30.2 Å². The molecule has 0 aliphatic heterocycles. The smallest absolute Gasteiger partial charge is 0.0270 e. The lowest BCUT2D eigenvalue weighted by Crippen LogP contribution is -2.31. The van der Waals surface area contributed by atoms with Gasteiger partial charge in [0.1, 0.15) is 0 Å². The Morgan fingerprint density at radius 1 is 1.35 bits per heavy atom. The second kappa shape index (κ2) is 6.41. The minimum Gasteiger partial charge on any atom is -0.303 e. The van der Waals surface area contributed by atoms with Crippen molar-refractivity contribution in [3.05, 3.63) is 30.1 Å². The van der Waals surface area contributed by atoms with Crippen molar-refractivity contribution in [3.63, 3.8) is 0 Å². The molecular weight excluding hydrogens is 228 g/mol. The summed E-state index contributed by atoms with van der Waals surface area (Å²) >= 11 is 2.03. The molecule has 1 aliphatic carbocycles. The number of thioether (sulfide) groups is 1. The van der Waals surface area contributed by atoms with Gasteiger partial charge in [-0.1, -0.05) is 0 Å². The Morgan fingerprint density at radius 3 is 2.76 bits per heavy atom.